The molecule has 144 valence electrons. The zero-order valence-corrected chi connectivity index (χ0v) is 16.1. The van der Waals surface area contributed by atoms with E-state index in [-0.39, 0.29) is 12.1 Å². The average molecular weight is 368 g/mol. The molecule has 0 radical (unpaired) electrons. The molecule has 0 saturated heterocycles. The molecule has 0 aromatic heterocycles. The Bertz CT molecular complexity index is 763. The fourth-order valence-corrected chi connectivity index (χ4v) is 3.31. The summed E-state index contributed by atoms with van der Waals surface area (Å²) in [6.45, 7) is 4.05. The zero-order chi connectivity index (χ0) is 19.1. The van der Waals surface area contributed by atoms with Crippen LogP contribution in [-0.4, -0.2) is 37.7 Å². The van der Waals surface area contributed by atoms with E-state index in [0.717, 1.165) is 36.3 Å². The van der Waals surface area contributed by atoms with Crippen molar-refractivity contribution in [2.45, 2.75) is 32.4 Å². The third-order valence-corrected chi connectivity index (χ3v) is 4.74. The van der Waals surface area contributed by atoms with Crippen LogP contribution in [0.5, 0.6) is 5.75 Å². The number of nitrogens with zero attached hydrogens (tertiary/aromatic N) is 1. The summed E-state index contributed by atoms with van der Waals surface area (Å²) in [5.74, 6) is 0.862. The first-order valence-corrected chi connectivity index (χ1v) is 9.63. The molecule has 1 unspecified atom stereocenters. The second-order valence-corrected chi connectivity index (χ2v) is 6.68. The largest absolute Gasteiger partial charge is 0.493 e. The Morgan fingerprint density at radius 2 is 1.81 bits per heavy atom. The Morgan fingerprint density at radius 1 is 1.04 bits per heavy atom. The van der Waals surface area contributed by atoms with Crippen molar-refractivity contribution < 1.29 is 14.3 Å². The van der Waals surface area contributed by atoms with Gasteiger partial charge < -0.3 is 19.7 Å². The normalized spacial score (nSPS) is 16.0. The lowest BCUT2D eigenvalue weighted by molar-refractivity contribution is 0.0657. The molecular formula is C22H28N2O3. The molecule has 0 fully saturated rings. The smallest absolute Gasteiger partial charge is 0.257 e. The maximum absolute atomic E-state index is 13.2. The molecular weight excluding hydrogens is 340 g/mol. The van der Waals surface area contributed by atoms with E-state index in [9.17, 15) is 4.79 Å². The number of para-hydroxylation sites is 2. The van der Waals surface area contributed by atoms with Crippen LogP contribution in [-0.2, 0) is 4.74 Å². The topological polar surface area (TPSA) is 50.8 Å². The molecule has 0 saturated carbocycles. The van der Waals surface area contributed by atoms with Gasteiger partial charge in [0.1, 0.15) is 11.9 Å². The lowest BCUT2D eigenvalue weighted by Crippen LogP contribution is -2.43. The Hall–Kier alpha value is -2.53. The van der Waals surface area contributed by atoms with Crippen LogP contribution >= 0.6 is 0 Å². The van der Waals surface area contributed by atoms with E-state index in [1.165, 1.54) is 0 Å². The summed E-state index contributed by atoms with van der Waals surface area (Å²) in [5.41, 5.74) is 2.54. The number of nitrogens with one attached hydrogen (secondary N) is 1. The lowest BCUT2D eigenvalue weighted by atomic mass is 10.0. The number of anilines is 1. The van der Waals surface area contributed by atoms with Gasteiger partial charge in [0, 0.05) is 31.5 Å². The second kappa shape index (κ2) is 9.42. The minimum atomic E-state index is -0.262. The molecule has 5 nitrogen and oxygen atoms in total. The quantitative estimate of drug-likeness (QED) is 0.664. The summed E-state index contributed by atoms with van der Waals surface area (Å²) in [4.78, 5) is 15.0. The van der Waals surface area contributed by atoms with E-state index < -0.39 is 0 Å². The van der Waals surface area contributed by atoms with Crippen molar-refractivity contribution in [3.63, 3.8) is 0 Å². The number of rotatable bonds is 9. The molecule has 1 amide bonds. The van der Waals surface area contributed by atoms with E-state index in [2.05, 4.69) is 12.2 Å². The number of methoxy groups -OCH3 is 1. The highest BCUT2D eigenvalue weighted by molar-refractivity contribution is 6.01. The number of ether oxygens (including phenoxy) is 2. The summed E-state index contributed by atoms with van der Waals surface area (Å²) in [6, 6.07) is 15.6. The fraction of sp³-hybridized carbons (Fsp3) is 0.409. The van der Waals surface area contributed by atoms with Crippen molar-refractivity contribution in [2.75, 3.05) is 32.2 Å². The first-order chi connectivity index (χ1) is 13.3. The number of benzene rings is 2. The molecule has 2 aromatic rings. The number of fused-ring (bicyclic) bond motifs is 1. The van der Waals surface area contributed by atoms with Crippen LogP contribution in [0.3, 0.4) is 0 Å². The van der Waals surface area contributed by atoms with E-state index in [1.54, 1.807) is 7.11 Å². The van der Waals surface area contributed by atoms with Crippen molar-refractivity contribution in [1.29, 1.82) is 0 Å². The number of hydrogen-bond acceptors (Lipinski definition) is 4. The fourth-order valence-electron chi connectivity index (χ4n) is 3.31. The van der Waals surface area contributed by atoms with E-state index in [1.807, 2.05) is 53.4 Å². The van der Waals surface area contributed by atoms with Gasteiger partial charge in [-0.3, -0.25) is 4.79 Å². The third kappa shape index (κ3) is 4.42. The van der Waals surface area contributed by atoms with Crippen LogP contribution in [0.2, 0.25) is 0 Å². The standard InChI is InChI=1S/C22H28N2O3/c1-3-4-16-27-20-13-8-6-11-18(20)21-23-19-12-7-5-10-17(19)22(25)24(21)14-9-15-26-2/h5-8,10-13,21,23H,3-4,9,14-16H2,1-2H3. The SMILES string of the molecule is CCCCOc1ccccc1C1Nc2ccccc2C(=O)N1CCCOC. The number of amides is 1. The molecule has 1 atom stereocenters. The van der Waals surface area contributed by atoms with Gasteiger partial charge in [-0.15, -0.1) is 0 Å². The molecule has 5 heteroatoms. The van der Waals surface area contributed by atoms with Gasteiger partial charge in [0.15, 0.2) is 0 Å². The number of carbonyl (C=O) groups is 1. The number of hydrogen-bond donors (Lipinski definition) is 1. The molecule has 0 aliphatic carbocycles. The minimum absolute atomic E-state index is 0.0359. The molecule has 27 heavy (non-hydrogen) atoms. The number of unbranched alkanes of at least 4 members (excludes halogenated alkanes) is 1. The van der Waals surface area contributed by atoms with Crippen molar-refractivity contribution in [3.8, 4) is 5.75 Å². The maximum Gasteiger partial charge on any atom is 0.257 e. The van der Waals surface area contributed by atoms with Gasteiger partial charge in [0.05, 0.1) is 12.2 Å². The van der Waals surface area contributed by atoms with Gasteiger partial charge in [0.2, 0.25) is 0 Å². The molecule has 1 heterocycles. The van der Waals surface area contributed by atoms with Crippen LogP contribution in [0.1, 0.15) is 48.3 Å². The number of carbonyl (C=O) groups excluding carboxylic acids is 1. The highest BCUT2D eigenvalue weighted by Gasteiger charge is 2.33. The molecule has 2 aromatic carbocycles. The summed E-state index contributed by atoms with van der Waals surface area (Å²) >= 11 is 0. The van der Waals surface area contributed by atoms with Gasteiger partial charge in [-0.2, -0.15) is 0 Å². The average Bonchev–Trinajstić information content (AvgIpc) is 2.70. The monoisotopic (exact) mass is 368 g/mol. The maximum atomic E-state index is 13.2. The van der Waals surface area contributed by atoms with Gasteiger partial charge in [0.25, 0.3) is 5.91 Å². The Kier molecular flexibility index (Phi) is 6.71. The van der Waals surface area contributed by atoms with Crippen LogP contribution in [0, 0.1) is 0 Å². The summed E-state index contributed by atoms with van der Waals surface area (Å²) in [7, 11) is 1.68. The molecule has 0 bridgehead atoms. The van der Waals surface area contributed by atoms with Crippen LogP contribution in [0.25, 0.3) is 0 Å². The Balaban J connectivity index is 1.92. The van der Waals surface area contributed by atoms with Crippen LogP contribution in [0.4, 0.5) is 5.69 Å². The second-order valence-electron chi connectivity index (χ2n) is 6.68. The van der Waals surface area contributed by atoms with Gasteiger partial charge in [-0.1, -0.05) is 43.7 Å². The summed E-state index contributed by atoms with van der Waals surface area (Å²) in [6.07, 6.45) is 2.61. The van der Waals surface area contributed by atoms with Crippen LogP contribution in [0.15, 0.2) is 48.5 Å². The molecule has 1 N–H and O–H groups in total. The Labute approximate surface area is 161 Å². The van der Waals surface area contributed by atoms with Crippen molar-refractivity contribution in [1.82, 2.24) is 4.90 Å². The molecule has 1 aliphatic rings. The third-order valence-electron chi connectivity index (χ3n) is 4.74. The predicted octanol–water partition coefficient (Wildman–Crippen LogP) is 4.47. The molecule has 3 rings (SSSR count). The van der Waals surface area contributed by atoms with Crippen molar-refractivity contribution in [3.05, 3.63) is 59.7 Å². The molecule has 0 spiro atoms. The predicted molar refractivity (Wildman–Crippen MR) is 107 cm³/mol. The van der Waals surface area contributed by atoms with E-state index in [0.29, 0.717) is 25.3 Å². The minimum Gasteiger partial charge on any atom is -0.493 e. The zero-order valence-electron chi connectivity index (χ0n) is 16.1. The van der Waals surface area contributed by atoms with Crippen molar-refractivity contribution >= 4 is 11.6 Å². The van der Waals surface area contributed by atoms with E-state index >= 15 is 0 Å². The highest BCUT2D eigenvalue weighted by Crippen LogP contribution is 2.36. The van der Waals surface area contributed by atoms with E-state index in [4.69, 9.17) is 9.47 Å². The van der Waals surface area contributed by atoms with Crippen LogP contribution < -0.4 is 10.1 Å². The highest BCUT2D eigenvalue weighted by atomic mass is 16.5. The summed E-state index contributed by atoms with van der Waals surface area (Å²) < 4.78 is 11.2. The molecule has 1 aliphatic heterocycles. The first kappa shape index (κ1) is 19.2. The van der Waals surface area contributed by atoms with Gasteiger partial charge in [-0.25, -0.2) is 0 Å². The summed E-state index contributed by atoms with van der Waals surface area (Å²) in [5, 5.41) is 3.54. The Morgan fingerprint density at radius 3 is 2.63 bits per heavy atom. The first-order valence-electron chi connectivity index (χ1n) is 9.63. The van der Waals surface area contributed by atoms with Gasteiger partial charge in [-0.05, 0) is 31.0 Å². The van der Waals surface area contributed by atoms with Crippen molar-refractivity contribution in [2.24, 2.45) is 0 Å². The lowest BCUT2D eigenvalue weighted by Gasteiger charge is -2.38. The van der Waals surface area contributed by atoms with Gasteiger partial charge >= 0.3 is 0 Å².